The first kappa shape index (κ1) is 11.0. The molecule has 1 aromatic heterocycles. The van der Waals surface area contributed by atoms with E-state index in [9.17, 15) is 0 Å². The van der Waals surface area contributed by atoms with Crippen molar-refractivity contribution in [1.29, 1.82) is 0 Å². The number of nitrogens with zero attached hydrogens (tertiary/aromatic N) is 2. The van der Waals surface area contributed by atoms with Gasteiger partial charge >= 0.3 is 0 Å². The molecule has 0 spiro atoms. The Labute approximate surface area is 91.5 Å². The van der Waals surface area contributed by atoms with Crippen molar-refractivity contribution in [1.82, 2.24) is 9.97 Å². The zero-order valence-electron chi connectivity index (χ0n) is 7.96. The van der Waals surface area contributed by atoms with Crippen LogP contribution in [0.25, 0.3) is 0 Å². The summed E-state index contributed by atoms with van der Waals surface area (Å²) in [6.45, 7) is 4.40. The molecule has 0 aliphatic carbocycles. The molecule has 0 saturated carbocycles. The summed E-state index contributed by atoms with van der Waals surface area (Å²) < 4.78 is 5.78. The van der Waals surface area contributed by atoms with Gasteiger partial charge in [0.2, 0.25) is 11.8 Å². The number of halogens is 1. The van der Waals surface area contributed by atoms with E-state index in [2.05, 4.69) is 37.8 Å². The van der Waals surface area contributed by atoms with E-state index in [1.807, 2.05) is 6.08 Å². The minimum atomic E-state index is 0.529. The Morgan fingerprint density at radius 3 is 3.14 bits per heavy atom. The Morgan fingerprint density at radius 1 is 1.71 bits per heavy atom. The van der Waals surface area contributed by atoms with Gasteiger partial charge in [-0.1, -0.05) is 6.08 Å². The number of methoxy groups -OCH3 is 1. The monoisotopic (exact) mass is 257 g/mol. The predicted molar refractivity (Wildman–Crippen MR) is 59.6 cm³/mol. The van der Waals surface area contributed by atoms with E-state index in [0.717, 1.165) is 17.4 Å². The predicted octanol–water partition coefficient (Wildman–Crippen LogP) is 2.24. The number of hydrogen-bond donors (Lipinski definition) is 1. The summed E-state index contributed by atoms with van der Waals surface area (Å²) in [5, 5.41) is 3.05. The molecule has 0 saturated heterocycles. The number of nitrogens with one attached hydrogen (secondary N) is 1. The largest absolute Gasteiger partial charge is 0.480 e. The normalized spacial score (nSPS) is 9.57. The van der Waals surface area contributed by atoms with Crippen molar-refractivity contribution in [2.24, 2.45) is 0 Å². The molecule has 0 unspecified atom stereocenters. The molecule has 0 bridgehead atoms. The maximum Gasteiger partial charge on any atom is 0.232 e. The summed E-state index contributed by atoms with van der Waals surface area (Å²) in [5.74, 6) is 1.09. The van der Waals surface area contributed by atoms with Gasteiger partial charge in [-0.2, -0.15) is 4.98 Å². The van der Waals surface area contributed by atoms with Crippen LogP contribution in [0.3, 0.4) is 0 Å². The van der Waals surface area contributed by atoms with Crippen LogP contribution in [0.5, 0.6) is 5.88 Å². The average Bonchev–Trinajstić information content (AvgIpc) is 2.21. The van der Waals surface area contributed by atoms with Crippen LogP contribution in [0.1, 0.15) is 6.42 Å². The fourth-order valence-corrected chi connectivity index (χ4v) is 1.22. The van der Waals surface area contributed by atoms with Gasteiger partial charge in [-0.25, -0.2) is 4.98 Å². The number of rotatable bonds is 5. The SMILES string of the molecule is C=CCCNc1ncc(Br)c(OC)n1. The van der Waals surface area contributed by atoms with E-state index in [0.29, 0.717) is 11.8 Å². The summed E-state index contributed by atoms with van der Waals surface area (Å²) in [5.41, 5.74) is 0. The standard InChI is InChI=1S/C9H12BrN3O/c1-3-4-5-11-9-12-6-7(10)8(13-9)14-2/h3,6H,1,4-5H2,2H3,(H,11,12,13). The maximum atomic E-state index is 5.03. The van der Waals surface area contributed by atoms with Crippen molar-refractivity contribution < 1.29 is 4.74 Å². The average molecular weight is 258 g/mol. The highest BCUT2D eigenvalue weighted by Gasteiger charge is 2.03. The summed E-state index contributed by atoms with van der Waals surface area (Å²) in [7, 11) is 1.57. The molecule has 76 valence electrons. The smallest absolute Gasteiger partial charge is 0.232 e. The highest BCUT2D eigenvalue weighted by molar-refractivity contribution is 9.10. The Kier molecular flexibility index (Phi) is 4.39. The van der Waals surface area contributed by atoms with Crippen molar-refractivity contribution in [3.05, 3.63) is 23.3 Å². The number of hydrogen-bond acceptors (Lipinski definition) is 4. The van der Waals surface area contributed by atoms with E-state index in [-0.39, 0.29) is 0 Å². The zero-order chi connectivity index (χ0) is 10.4. The molecule has 0 amide bonds. The highest BCUT2D eigenvalue weighted by Crippen LogP contribution is 2.21. The van der Waals surface area contributed by atoms with Crippen molar-refractivity contribution in [3.8, 4) is 5.88 Å². The van der Waals surface area contributed by atoms with Gasteiger partial charge in [0.1, 0.15) is 0 Å². The summed E-state index contributed by atoms with van der Waals surface area (Å²) >= 11 is 3.28. The molecular weight excluding hydrogens is 246 g/mol. The Hall–Kier alpha value is -1.10. The molecule has 1 aromatic rings. The number of aromatic nitrogens is 2. The van der Waals surface area contributed by atoms with Crippen LogP contribution in [0.2, 0.25) is 0 Å². The minimum Gasteiger partial charge on any atom is -0.480 e. The summed E-state index contributed by atoms with van der Waals surface area (Å²) in [6, 6.07) is 0. The molecule has 1 N–H and O–H groups in total. The first-order chi connectivity index (χ1) is 6.77. The third kappa shape index (κ3) is 2.99. The van der Waals surface area contributed by atoms with Gasteiger partial charge in [-0.15, -0.1) is 6.58 Å². The van der Waals surface area contributed by atoms with Gasteiger partial charge in [0, 0.05) is 6.54 Å². The van der Waals surface area contributed by atoms with Gasteiger partial charge in [0.05, 0.1) is 17.8 Å². The lowest BCUT2D eigenvalue weighted by Gasteiger charge is -2.05. The van der Waals surface area contributed by atoms with Crippen molar-refractivity contribution in [2.45, 2.75) is 6.42 Å². The second-order valence-electron chi connectivity index (χ2n) is 2.55. The maximum absolute atomic E-state index is 5.03. The Bertz CT molecular complexity index is 317. The molecule has 0 atom stereocenters. The molecular formula is C9H12BrN3O. The lowest BCUT2D eigenvalue weighted by molar-refractivity contribution is 0.394. The molecule has 5 heteroatoms. The fourth-order valence-electron chi connectivity index (χ4n) is 0.866. The van der Waals surface area contributed by atoms with Crippen LogP contribution in [-0.4, -0.2) is 23.6 Å². The van der Waals surface area contributed by atoms with E-state index in [4.69, 9.17) is 4.74 Å². The van der Waals surface area contributed by atoms with E-state index >= 15 is 0 Å². The summed E-state index contributed by atoms with van der Waals surface area (Å²) in [6.07, 6.45) is 4.37. The Morgan fingerprint density at radius 2 is 2.50 bits per heavy atom. The highest BCUT2D eigenvalue weighted by atomic mass is 79.9. The van der Waals surface area contributed by atoms with Gasteiger partial charge in [-0.05, 0) is 22.4 Å². The van der Waals surface area contributed by atoms with E-state index in [1.54, 1.807) is 13.3 Å². The van der Waals surface area contributed by atoms with Crippen molar-refractivity contribution in [3.63, 3.8) is 0 Å². The Balaban J connectivity index is 2.64. The first-order valence-corrected chi connectivity index (χ1v) is 4.98. The number of ether oxygens (including phenoxy) is 1. The molecule has 0 aliphatic rings. The molecule has 0 aliphatic heterocycles. The molecule has 0 radical (unpaired) electrons. The lowest BCUT2D eigenvalue weighted by Crippen LogP contribution is -2.05. The van der Waals surface area contributed by atoms with Crippen LogP contribution in [0, 0.1) is 0 Å². The molecule has 1 heterocycles. The van der Waals surface area contributed by atoms with Gasteiger partial charge in [0.25, 0.3) is 0 Å². The second kappa shape index (κ2) is 5.59. The minimum absolute atomic E-state index is 0.529. The first-order valence-electron chi connectivity index (χ1n) is 4.19. The molecule has 0 fully saturated rings. The molecule has 1 rings (SSSR count). The van der Waals surface area contributed by atoms with Crippen LogP contribution < -0.4 is 10.1 Å². The second-order valence-corrected chi connectivity index (χ2v) is 3.41. The van der Waals surface area contributed by atoms with Crippen molar-refractivity contribution >= 4 is 21.9 Å². The number of anilines is 1. The molecule has 4 nitrogen and oxygen atoms in total. The molecule has 14 heavy (non-hydrogen) atoms. The summed E-state index contributed by atoms with van der Waals surface area (Å²) in [4.78, 5) is 8.21. The van der Waals surface area contributed by atoms with Crippen LogP contribution >= 0.6 is 15.9 Å². The van der Waals surface area contributed by atoms with Gasteiger partial charge < -0.3 is 10.1 Å². The van der Waals surface area contributed by atoms with E-state index in [1.165, 1.54) is 0 Å². The quantitative estimate of drug-likeness (QED) is 0.650. The third-order valence-corrected chi connectivity index (χ3v) is 2.08. The van der Waals surface area contributed by atoms with Crippen LogP contribution in [-0.2, 0) is 0 Å². The van der Waals surface area contributed by atoms with E-state index < -0.39 is 0 Å². The van der Waals surface area contributed by atoms with Gasteiger partial charge in [0.15, 0.2) is 0 Å². The fraction of sp³-hybridized carbons (Fsp3) is 0.333. The zero-order valence-corrected chi connectivity index (χ0v) is 9.54. The third-order valence-electron chi connectivity index (χ3n) is 1.54. The lowest BCUT2D eigenvalue weighted by atomic mass is 10.4. The van der Waals surface area contributed by atoms with Crippen molar-refractivity contribution in [2.75, 3.05) is 19.0 Å². The topological polar surface area (TPSA) is 47.0 Å². The molecule has 0 aromatic carbocycles. The van der Waals surface area contributed by atoms with Crippen LogP contribution in [0.4, 0.5) is 5.95 Å². The van der Waals surface area contributed by atoms with Crippen LogP contribution in [0.15, 0.2) is 23.3 Å². The van der Waals surface area contributed by atoms with Gasteiger partial charge in [-0.3, -0.25) is 0 Å².